The van der Waals surface area contributed by atoms with E-state index in [0.29, 0.717) is 0 Å². The highest BCUT2D eigenvalue weighted by Gasteiger charge is 2.49. The van der Waals surface area contributed by atoms with Crippen molar-refractivity contribution in [2.75, 3.05) is 14.2 Å². The van der Waals surface area contributed by atoms with Crippen LogP contribution in [0, 0.1) is 23.7 Å². The molecule has 3 aliphatic rings. The summed E-state index contributed by atoms with van der Waals surface area (Å²) in [5, 5.41) is 0. The van der Waals surface area contributed by atoms with Crippen molar-refractivity contribution in [2.45, 2.75) is 12.8 Å². The van der Waals surface area contributed by atoms with Crippen molar-refractivity contribution >= 4 is 11.9 Å². The van der Waals surface area contributed by atoms with E-state index in [1.165, 1.54) is 14.2 Å². The zero-order valence-corrected chi connectivity index (χ0v) is 9.51. The van der Waals surface area contributed by atoms with Crippen molar-refractivity contribution in [1.29, 1.82) is 0 Å². The van der Waals surface area contributed by atoms with Crippen LogP contribution < -0.4 is 0 Å². The van der Waals surface area contributed by atoms with Gasteiger partial charge in [-0.25, -0.2) is 0 Å². The minimum atomic E-state index is -0.360. The number of fused-ring (bicyclic) bond motifs is 2. The normalized spacial score (nSPS) is 35.9. The average Bonchev–Trinajstić information content (AvgIpc) is 2.37. The van der Waals surface area contributed by atoms with E-state index < -0.39 is 0 Å². The molecule has 0 heterocycles. The van der Waals surface area contributed by atoms with Crippen molar-refractivity contribution in [2.24, 2.45) is 23.7 Å². The van der Waals surface area contributed by atoms with Gasteiger partial charge in [-0.1, -0.05) is 12.2 Å². The van der Waals surface area contributed by atoms with Gasteiger partial charge in [0.1, 0.15) is 0 Å². The van der Waals surface area contributed by atoms with Gasteiger partial charge in [0, 0.05) is 0 Å². The third-order valence-corrected chi connectivity index (χ3v) is 3.69. The molecule has 4 atom stereocenters. The molecule has 16 heavy (non-hydrogen) atoms. The lowest BCUT2D eigenvalue weighted by molar-refractivity contribution is -0.164. The first kappa shape index (κ1) is 11.2. The first-order valence-corrected chi connectivity index (χ1v) is 5.53. The number of carbonyl (C=O) groups excluding carboxylic acids is 2. The molecule has 0 aromatic carbocycles. The number of carbonyl (C=O) groups is 2. The molecule has 0 saturated heterocycles. The summed E-state index contributed by atoms with van der Waals surface area (Å²) in [5.74, 6) is -1.06. The van der Waals surface area contributed by atoms with E-state index in [9.17, 15) is 9.59 Å². The van der Waals surface area contributed by atoms with E-state index in [0.717, 1.165) is 12.8 Å². The number of esters is 2. The van der Waals surface area contributed by atoms with Crippen LogP contribution in [0.4, 0.5) is 0 Å². The van der Waals surface area contributed by atoms with Gasteiger partial charge in [-0.3, -0.25) is 9.59 Å². The number of methoxy groups -OCH3 is 2. The average molecular weight is 224 g/mol. The predicted octanol–water partition coefficient (Wildman–Crippen LogP) is 1.16. The lowest BCUT2D eigenvalue weighted by atomic mass is 9.62. The maximum absolute atomic E-state index is 11.7. The first-order chi connectivity index (χ1) is 7.69. The van der Waals surface area contributed by atoms with Gasteiger partial charge in [0.25, 0.3) is 0 Å². The third-order valence-electron chi connectivity index (χ3n) is 3.69. The summed E-state index contributed by atoms with van der Waals surface area (Å²) in [6.07, 6.45) is 5.98. The molecule has 4 nitrogen and oxygen atoms in total. The summed E-state index contributed by atoms with van der Waals surface area (Å²) in [5.41, 5.74) is 0. The van der Waals surface area contributed by atoms with Crippen LogP contribution in [0.2, 0.25) is 0 Å². The van der Waals surface area contributed by atoms with E-state index in [1.54, 1.807) is 0 Å². The van der Waals surface area contributed by atoms with Crippen LogP contribution >= 0.6 is 0 Å². The molecule has 1 fully saturated rings. The molecular weight excluding hydrogens is 208 g/mol. The quantitative estimate of drug-likeness (QED) is 0.521. The Morgan fingerprint density at radius 1 is 0.938 bits per heavy atom. The molecule has 3 rings (SSSR count). The Bertz CT molecular complexity index is 302. The van der Waals surface area contributed by atoms with E-state index >= 15 is 0 Å². The molecule has 0 aromatic heterocycles. The van der Waals surface area contributed by atoms with Crippen LogP contribution in [-0.2, 0) is 19.1 Å². The van der Waals surface area contributed by atoms with Crippen molar-refractivity contribution in [3.63, 3.8) is 0 Å². The number of hydrogen-bond acceptors (Lipinski definition) is 4. The lowest BCUT2D eigenvalue weighted by Gasteiger charge is -2.41. The van der Waals surface area contributed by atoms with Crippen LogP contribution in [0.15, 0.2) is 12.2 Å². The molecule has 0 N–H and O–H groups in total. The molecule has 2 bridgehead atoms. The largest absolute Gasteiger partial charge is 0.469 e. The monoisotopic (exact) mass is 224 g/mol. The van der Waals surface area contributed by atoms with Gasteiger partial charge in [0.15, 0.2) is 0 Å². The summed E-state index contributed by atoms with van der Waals surface area (Å²) in [4.78, 5) is 23.4. The fraction of sp³-hybridized carbons (Fsp3) is 0.667. The van der Waals surface area contributed by atoms with Crippen LogP contribution in [0.1, 0.15) is 12.8 Å². The first-order valence-electron chi connectivity index (χ1n) is 5.53. The zero-order chi connectivity index (χ0) is 11.7. The fourth-order valence-corrected chi connectivity index (χ4v) is 2.91. The Labute approximate surface area is 94.6 Å². The second-order valence-corrected chi connectivity index (χ2v) is 4.39. The molecule has 0 aliphatic heterocycles. The smallest absolute Gasteiger partial charge is 0.310 e. The molecule has 0 aromatic rings. The van der Waals surface area contributed by atoms with Gasteiger partial charge in [0.05, 0.1) is 26.1 Å². The Morgan fingerprint density at radius 3 is 1.56 bits per heavy atom. The summed E-state index contributed by atoms with van der Waals surface area (Å²) >= 11 is 0. The van der Waals surface area contributed by atoms with Crippen molar-refractivity contribution in [3.05, 3.63) is 12.2 Å². The molecule has 0 radical (unpaired) electrons. The number of hydrogen-bond donors (Lipinski definition) is 0. The number of allylic oxidation sites excluding steroid dienone is 2. The van der Waals surface area contributed by atoms with Gasteiger partial charge in [-0.15, -0.1) is 0 Å². The molecule has 88 valence electrons. The van der Waals surface area contributed by atoms with Gasteiger partial charge in [-0.05, 0) is 24.7 Å². The molecular formula is C12H16O4. The van der Waals surface area contributed by atoms with E-state index in [-0.39, 0.29) is 35.6 Å². The Balaban J connectivity index is 2.29. The van der Waals surface area contributed by atoms with Crippen molar-refractivity contribution < 1.29 is 19.1 Å². The lowest BCUT2D eigenvalue weighted by Crippen LogP contribution is -2.46. The Kier molecular flexibility index (Phi) is 2.99. The number of rotatable bonds is 2. The van der Waals surface area contributed by atoms with Crippen LogP contribution in [-0.4, -0.2) is 26.2 Å². The Hall–Kier alpha value is -1.32. The second kappa shape index (κ2) is 4.28. The van der Waals surface area contributed by atoms with E-state index in [2.05, 4.69) is 0 Å². The summed E-state index contributed by atoms with van der Waals surface area (Å²) in [6.45, 7) is 0. The highest BCUT2D eigenvalue weighted by molar-refractivity contribution is 5.83. The minimum Gasteiger partial charge on any atom is -0.469 e. The topological polar surface area (TPSA) is 52.6 Å². The summed E-state index contributed by atoms with van der Waals surface area (Å²) in [6, 6.07) is 0. The SMILES string of the molecule is COC(=O)[C@@H]1[C@H](C(=O)OC)[C@@H]2C=C[C@H]1CC2. The van der Waals surface area contributed by atoms with Crippen LogP contribution in [0.25, 0.3) is 0 Å². The minimum absolute atomic E-state index is 0.126. The maximum Gasteiger partial charge on any atom is 0.310 e. The van der Waals surface area contributed by atoms with Crippen LogP contribution in [0.5, 0.6) is 0 Å². The highest BCUT2D eigenvalue weighted by atomic mass is 16.5. The summed E-state index contributed by atoms with van der Waals surface area (Å²) < 4.78 is 9.57. The zero-order valence-electron chi connectivity index (χ0n) is 9.51. The Morgan fingerprint density at radius 2 is 1.31 bits per heavy atom. The van der Waals surface area contributed by atoms with Gasteiger partial charge >= 0.3 is 11.9 Å². The van der Waals surface area contributed by atoms with Crippen LogP contribution in [0.3, 0.4) is 0 Å². The second-order valence-electron chi connectivity index (χ2n) is 4.39. The molecule has 0 spiro atoms. The maximum atomic E-state index is 11.7. The van der Waals surface area contributed by atoms with E-state index in [4.69, 9.17) is 9.47 Å². The van der Waals surface area contributed by atoms with E-state index in [1.807, 2.05) is 12.2 Å². The summed E-state index contributed by atoms with van der Waals surface area (Å²) in [7, 11) is 2.73. The fourth-order valence-electron chi connectivity index (χ4n) is 2.91. The molecule has 1 saturated carbocycles. The molecule has 4 heteroatoms. The van der Waals surface area contributed by atoms with Gasteiger partial charge < -0.3 is 9.47 Å². The predicted molar refractivity (Wildman–Crippen MR) is 56.4 cm³/mol. The standard InChI is InChI=1S/C12H16O4/c1-15-11(13)9-7-3-5-8(6-4-7)10(9)12(14)16-2/h3,5,7-10H,4,6H2,1-2H3/t7-,8+,9-,10+. The van der Waals surface area contributed by atoms with Crippen molar-refractivity contribution in [3.8, 4) is 0 Å². The number of ether oxygens (including phenoxy) is 2. The highest BCUT2D eigenvalue weighted by Crippen LogP contribution is 2.45. The van der Waals surface area contributed by atoms with Gasteiger partial charge in [-0.2, -0.15) is 0 Å². The van der Waals surface area contributed by atoms with Gasteiger partial charge in [0.2, 0.25) is 0 Å². The molecule has 0 amide bonds. The molecule has 3 aliphatic carbocycles. The molecule has 0 unspecified atom stereocenters. The third kappa shape index (κ3) is 1.62. The van der Waals surface area contributed by atoms with Crippen molar-refractivity contribution in [1.82, 2.24) is 0 Å².